The molecule has 0 aliphatic rings. The summed E-state index contributed by atoms with van der Waals surface area (Å²) in [6.07, 6.45) is 3.30. The van der Waals surface area contributed by atoms with Crippen LogP contribution in [-0.2, 0) is 11.3 Å². The van der Waals surface area contributed by atoms with E-state index in [1.54, 1.807) is 24.1 Å². The summed E-state index contributed by atoms with van der Waals surface area (Å²) in [5.41, 5.74) is 0.617. The molecule has 1 aromatic heterocycles. The lowest BCUT2D eigenvalue weighted by molar-refractivity contribution is 0.111. The molecule has 1 heterocycles. The maximum absolute atomic E-state index is 10.4. The van der Waals surface area contributed by atoms with Crippen LogP contribution in [0.4, 0.5) is 0 Å². The van der Waals surface area contributed by atoms with Crippen LogP contribution in [0.25, 0.3) is 0 Å². The molecule has 0 saturated carbocycles. The number of carbonyl (C=O) groups excluding carboxylic acids is 1. The van der Waals surface area contributed by atoms with E-state index in [2.05, 4.69) is 5.10 Å². The Labute approximate surface area is 71.1 Å². The van der Waals surface area contributed by atoms with E-state index in [1.165, 1.54) is 0 Å². The van der Waals surface area contributed by atoms with Gasteiger partial charge in [-0.15, -0.1) is 0 Å². The molecule has 0 unspecified atom stereocenters. The van der Waals surface area contributed by atoms with E-state index < -0.39 is 0 Å². The fourth-order valence-electron chi connectivity index (χ4n) is 0.988. The highest BCUT2D eigenvalue weighted by Crippen LogP contribution is 1.96. The summed E-state index contributed by atoms with van der Waals surface area (Å²) in [7, 11) is 1.66. The van der Waals surface area contributed by atoms with Gasteiger partial charge in [0.05, 0.1) is 0 Å². The van der Waals surface area contributed by atoms with Gasteiger partial charge in [-0.25, -0.2) is 0 Å². The molecule has 0 atom stereocenters. The highest BCUT2D eigenvalue weighted by molar-refractivity contribution is 5.71. The molecule has 4 heteroatoms. The van der Waals surface area contributed by atoms with E-state index in [1.807, 2.05) is 0 Å². The molecule has 4 nitrogen and oxygen atoms in total. The molecule has 0 bridgehead atoms. The molecule has 1 rings (SSSR count). The minimum Gasteiger partial charge on any atom is -0.385 e. The van der Waals surface area contributed by atoms with Gasteiger partial charge in [0.15, 0.2) is 6.29 Å². The number of rotatable bonds is 5. The van der Waals surface area contributed by atoms with Gasteiger partial charge in [-0.1, -0.05) is 0 Å². The second-order valence-electron chi connectivity index (χ2n) is 2.44. The minimum absolute atomic E-state index is 0.617. The highest BCUT2D eigenvalue weighted by atomic mass is 16.5. The number of carbonyl (C=O) groups is 1. The number of hydrogen-bond acceptors (Lipinski definition) is 3. The minimum atomic E-state index is 0.617. The van der Waals surface area contributed by atoms with Gasteiger partial charge in [0.1, 0.15) is 5.69 Å². The van der Waals surface area contributed by atoms with Crippen molar-refractivity contribution in [3.8, 4) is 0 Å². The zero-order valence-corrected chi connectivity index (χ0v) is 7.06. The summed E-state index contributed by atoms with van der Waals surface area (Å²) >= 11 is 0. The van der Waals surface area contributed by atoms with Crippen molar-refractivity contribution in [1.82, 2.24) is 9.78 Å². The molecule has 1 aromatic rings. The van der Waals surface area contributed by atoms with E-state index in [-0.39, 0.29) is 0 Å². The number of aldehydes is 1. The van der Waals surface area contributed by atoms with Crippen molar-refractivity contribution < 1.29 is 9.53 Å². The fourth-order valence-corrected chi connectivity index (χ4v) is 0.988. The van der Waals surface area contributed by atoms with Crippen LogP contribution in [0.2, 0.25) is 0 Å². The predicted octanol–water partition coefficient (Wildman–Crippen LogP) is 0.732. The van der Waals surface area contributed by atoms with Crippen LogP contribution in [0.1, 0.15) is 16.9 Å². The molecular weight excluding hydrogens is 156 g/mol. The van der Waals surface area contributed by atoms with E-state index >= 15 is 0 Å². The van der Waals surface area contributed by atoms with Gasteiger partial charge in [-0.05, 0) is 12.5 Å². The number of aromatic nitrogens is 2. The Morgan fingerprint density at radius 1 is 1.75 bits per heavy atom. The van der Waals surface area contributed by atoms with Crippen LogP contribution < -0.4 is 0 Å². The number of aryl methyl sites for hydroxylation is 1. The molecule has 0 radical (unpaired) electrons. The summed E-state index contributed by atoms with van der Waals surface area (Å²) in [6, 6.07) is 1.69. The Morgan fingerprint density at radius 3 is 3.25 bits per heavy atom. The summed E-state index contributed by atoms with van der Waals surface area (Å²) < 4.78 is 6.56. The van der Waals surface area contributed by atoms with Gasteiger partial charge < -0.3 is 4.74 Å². The molecule has 0 aromatic carbocycles. The van der Waals surface area contributed by atoms with Gasteiger partial charge in [-0.2, -0.15) is 5.10 Å². The first-order valence-electron chi connectivity index (χ1n) is 3.84. The molecule has 0 fully saturated rings. The van der Waals surface area contributed by atoms with E-state index in [9.17, 15) is 4.79 Å². The van der Waals surface area contributed by atoms with E-state index in [0.29, 0.717) is 12.3 Å². The molecule has 0 aliphatic carbocycles. The van der Waals surface area contributed by atoms with Crippen molar-refractivity contribution in [3.63, 3.8) is 0 Å². The quantitative estimate of drug-likeness (QED) is 0.481. The highest BCUT2D eigenvalue weighted by Gasteiger charge is 1.98. The second kappa shape index (κ2) is 4.66. The van der Waals surface area contributed by atoms with E-state index in [0.717, 1.165) is 19.3 Å². The maximum Gasteiger partial charge on any atom is 0.168 e. The monoisotopic (exact) mass is 168 g/mol. The third-order valence-electron chi connectivity index (χ3n) is 1.59. The summed E-state index contributed by atoms with van der Waals surface area (Å²) in [5, 5.41) is 3.99. The smallest absolute Gasteiger partial charge is 0.168 e. The molecule has 0 aliphatic heterocycles. The first-order valence-corrected chi connectivity index (χ1v) is 3.84. The first kappa shape index (κ1) is 8.93. The van der Waals surface area contributed by atoms with Crippen molar-refractivity contribution in [2.45, 2.75) is 13.0 Å². The Hall–Kier alpha value is -1.16. The summed E-state index contributed by atoms with van der Waals surface area (Å²) in [5.74, 6) is 0. The van der Waals surface area contributed by atoms with Crippen LogP contribution in [0.5, 0.6) is 0 Å². The lowest BCUT2D eigenvalue weighted by Crippen LogP contribution is -2.06. The molecule has 66 valence electrons. The standard InChI is InChI=1S/C8H12N2O2/c1-12-6-2-5-10-8(7-11)3-4-9-10/h3-4,7H,2,5-6H2,1H3. The van der Waals surface area contributed by atoms with Gasteiger partial charge in [0.2, 0.25) is 0 Å². The van der Waals surface area contributed by atoms with Crippen LogP contribution in [0.3, 0.4) is 0 Å². The number of ether oxygens (including phenoxy) is 1. The van der Waals surface area contributed by atoms with Crippen LogP contribution in [0, 0.1) is 0 Å². The van der Waals surface area contributed by atoms with Gasteiger partial charge in [-0.3, -0.25) is 9.48 Å². The van der Waals surface area contributed by atoms with Crippen molar-refractivity contribution in [2.24, 2.45) is 0 Å². The van der Waals surface area contributed by atoms with Crippen LogP contribution in [0.15, 0.2) is 12.3 Å². The topological polar surface area (TPSA) is 44.1 Å². The van der Waals surface area contributed by atoms with Gasteiger partial charge in [0.25, 0.3) is 0 Å². The average Bonchev–Trinajstić information content (AvgIpc) is 2.52. The zero-order chi connectivity index (χ0) is 8.81. The molecule has 12 heavy (non-hydrogen) atoms. The van der Waals surface area contributed by atoms with Gasteiger partial charge >= 0.3 is 0 Å². The third-order valence-corrected chi connectivity index (χ3v) is 1.59. The van der Waals surface area contributed by atoms with Crippen molar-refractivity contribution >= 4 is 6.29 Å². The molecule has 0 amide bonds. The van der Waals surface area contributed by atoms with E-state index in [4.69, 9.17) is 4.74 Å². The lowest BCUT2D eigenvalue weighted by Gasteiger charge is -2.01. The maximum atomic E-state index is 10.4. The van der Waals surface area contributed by atoms with Crippen molar-refractivity contribution in [1.29, 1.82) is 0 Å². The summed E-state index contributed by atoms with van der Waals surface area (Å²) in [6.45, 7) is 1.42. The Morgan fingerprint density at radius 2 is 2.58 bits per heavy atom. The van der Waals surface area contributed by atoms with Gasteiger partial charge in [0, 0.05) is 26.5 Å². The predicted molar refractivity (Wildman–Crippen MR) is 44.1 cm³/mol. The Kier molecular flexibility index (Phi) is 3.47. The Balaban J connectivity index is 2.45. The number of methoxy groups -OCH3 is 1. The lowest BCUT2D eigenvalue weighted by atomic mass is 10.4. The van der Waals surface area contributed by atoms with Crippen LogP contribution >= 0.6 is 0 Å². The first-order chi connectivity index (χ1) is 5.88. The van der Waals surface area contributed by atoms with Crippen LogP contribution in [-0.4, -0.2) is 29.8 Å². The van der Waals surface area contributed by atoms with Crippen molar-refractivity contribution in [2.75, 3.05) is 13.7 Å². The van der Waals surface area contributed by atoms with Crippen molar-refractivity contribution in [3.05, 3.63) is 18.0 Å². The SMILES string of the molecule is COCCCn1nccc1C=O. The Bertz CT molecular complexity index is 245. The largest absolute Gasteiger partial charge is 0.385 e. The second-order valence-corrected chi connectivity index (χ2v) is 2.44. The zero-order valence-electron chi connectivity index (χ0n) is 7.06. The number of nitrogens with zero attached hydrogens (tertiary/aromatic N) is 2. The third kappa shape index (κ3) is 2.17. The molecule has 0 N–H and O–H groups in total. The normalized spacial score (nSPS) is 10.1. The molecular formula is C8H12N2O2. The molecule has 0 spiro atoms. The molecule has 0 saturated heterocycles. The summed E-state index contributed by atoms with van der Waals surface area (Å²) in [4.78, 5) is 10.4. The average molecular weight is 168 g/mol. The number of hydrogen-bond donors (Lipinski definition) is 0. The fraction of sp³-hybridized carbons (Fsp3) is 0.500.